The molecule has 0 amide bonds. The minimum atomic E-state index is -0.734. The number of hydrogen-bond acceptors (Lipinski definition) is 6. The quantitative estimate of drug-likeness (QED) is 0.200. The van der Waals surface area contributed by atoms with E-state index in [1.54, 1.807) is 24.2 Å². The second kappa shape index (κ2) is 10.7. The minimum Gasteiger partial charge on any atom is -0.468 e. The molecular weight excluding hydrogens is 492 g/mol. The molecule has 5 rings (SSSR count). The van der Waals surface area contributed by atoms with Crippen molar-refractivity contribution in [2.24, 2.45) is 7.05 Å². The van der Waals surface area contributed by atoms with Crippen LogP contribution in [-0.2, 0) is 13.6 Å². The highest BCUT2D eigenvalue weighted by molar-refractivity contribution is 7.99. The molecule has 0 fully saturated rings. The first kappa shape index (κ1) is 24.3. The third-order valence-corrected chi connectivity index (χ3v) is 7.36. The third-order valence-electron chi connectivity index (χ3n) is 5.95. The molecule has 0 saturated carbocycles. The molecular formula is C27H27ClN6OS. The maximum absolute atomic E-state index is 6.88. The first-order chi connectivity index (χ1) is 17.5. The van der Waals surface area contributed by atoms with Crippen molar-refractivity contribution >= 4 is 34.3 Å². The zero-order valence-electron chi connectivity index (χ0n) is 20.4. The van der Waals surface area contributed by atoms with Crippen molar-refractivity contribution in [2.75, 3.05) is 0 Å². The highest BCUT2D eigenvalue weighted by Crippen LogP contribution is 2.38. The number of alkyl halides is 1. The summed E-state index contributed by atoms with van der Waals surface area (Å²) in [5.74, 6) is 0.622. The van der Waals surface area contributed by atoms with Crippen LogP contribution >= 0.6 is 23.4 Å². The van der Waals surface area contributed by atoms with Crippen molar-refractivity contribution in [3.05, 3.63) is 78.6 Å². The lowest BCUT2D eigenvalue weighted by Crippen LogP contribution is -2.05. The number of aryl methyl sites for hydroxylation is 3. The van der Waals surface area contributed by atoms with Crippen LogP contribution in [0.25, 0.3) is 22.2 Å². The number of imidazole rings is 1. The lowest BCUT2D eigenvalue weighted by molar-refractivity contribution is 0.288. The van der Waals surface area contributed by atoms with Crippen LogP contribution in [0, 0.1) is 6.92 Å². The van der Waals surface area contributed by atoms with Gasteiger partial charge in [-0.2, -0.15) is 5.10 Å². The molecule has 0 N–H and O–H groups in total. The Labute approximate surface area is 219 Å². The molecule has 1 atom stereocenters. The summed E-state index contributed by atoms with van der Waals surface area (Å²) in [6.07, 6.45) is 11.4. The summed E-state index contributed by atoms with van der Waals surface area (Å²) in [6.45, 7) is 5.09. The smallest absolute Gasteiger partial charge is 0.199 e. The van der Waals surface area contributed by atoms with Crippen LogP contribution in [0.4, 0.5) is 0 Å². The number of para-hydroxylation sites is 1. The Kier molecular flexibility index (Phi) is 7.25. The molecule has 0 bridgehead atoms. The van der Waals surface area contributed by atoms with E-state index in [4.69, 9.17) is 21.3 Å². The molecule has 0 saturated heterocycles. The number of unbranched alkanes of at least 4 members (excludes halogenated alkanes) is 1. The van der Waals surface area contributed by atoms with Gasteiger partial charge in [-0.15, -0.1) is 0 Å². The van der Waals surface area contributed by atoms with Crippen LogP contribution in [0.1, 0.15) is 36.6 Å². The van der Waals surface area contributed by atoms with Gasteiger partial charge in [-0.3, -0.25) is 9.67 Å². The number of aromatic nitrogens is 6. The fourth-order valence-electron chi connectivity index (χ4n) is 4.13. The number of nitrogens with zero attached hydrogens (tertiary/aromatic N) is 6. The lowest BCUT2D eigenvalue weighted by Gasteiger charge is -2.18. The predicted molar refractivity (Wildman–Crippen MR) is 143 cm³/mol. The molecule has 4 heterocycles. The molecule has 0 unspecified atom stereocenters. The monoisotopic (exact) mass is 518 g/mol. The fourth-order valence-corrected chi connectivity index (χ4v) is 5.47. The molecule has 0 aliphatic carbocycles. The van der Waals surface area contributed by atoms with E-state index >= 15 is 0 Å². The molecule has 4 aromatic heterocycles. The molecule has 0 radical (unpaired) electrons. The van der Waals surface area contributed by atoms with Gasteiger partial charge in [-0.05, 0) is 49.4 Å². The van der Waals surface area contributed by atoms with Crippen LogP contribution in [0.5, 0.6) is 5.75 Å². The molecule has 1 aromatic carbocycles. The Morgan fingerprint density at radius 1 is 1.14 bits per heavy atom. The average molecular weight is 519 g/mol. The van der Waals surface area contributed by atoms with Crippen molar-refractivity contribution in [3.8, 4) is 17.0 Å². The Morgan fingerprint density at radius 3 is 2.83 bits per heavy atom. The summed E-state index contributed by atoms with van der Waals surface area (Å²) in [7, 11) is 1.93. The molecule has 7 nitrogen and oxygen atoms in total. The van der Waals surface area contributed by atoms with E-state index in [-0.39, 0.29) is 0 Å². The van der Waals surface area contributed by atoms with Gasteiger partial charge in [0.25, 0.3) is 0 Å². The molecule has 184 valence electrons. The summed E-state index contributed by atoms with van der Waals surface area (Å²) < 4.78 is 10.4. The van der Waals surface area contributed by atoms with E-state index in [2.05, 4.69) is 32.6 Å². The van der Waals surface area contributed by atoms with E-state index in [9.17, 15) is 0 Å². The third kappa shape index (κ3) is 4.96. The van der Waals surface area contributed by atoms with E-state index in [0.29, 0.717) is 5.75 Å². The maximum Gasteiger partial charge on any atom is 0.199 e. The highest BCUT2D eigenvalue weighted by atomic mass is 35.5. The van der Waals surface area contributed by atoms with Crippen LogP contribution in [0.3, 0.4) is 0 Å². The summed E-state index contributed by atoms with van der Waals surface area (Å²) in [5, 5.41) is 6.22. The van der Waals surface area contributed by atoms with Crippen molar-refractivity contribution in [1.29, 1.82) is 0 Å². The summed E-state index contributed by atoms with van der Waals surface area (Å²) in [5.41, 5.74) is 3.81. The average Bonchev–Trinajstić information content (AvgIpc) is 3.51. The molecule has 0 aliphatic rings. The van der Waals surface area contributed by atoms with Gasteiger partial charge in [0.2, 0.25) is 0 Å². The van der Waals surface area contributed by atoms with Gasteiger partial charge in [-0.1, -0.05) is 37.1 Å². The van der Waals surface area contributed by atoms with E-state index in [1.165, 1.54) is 0 Å². The van der Waals surface area contributed by atoms with Gasteiger partial charge in [-0.25, -0.2) is 9.97 Å². The zero-order valence-corrected chi connectivity index (χ0v) is 22.0. The van der Waals surface area contributed by atoms with Crippen LogP contribution in [0.15, 0.2) is 77.4 Å². The van der Waals surface area contributed by atoms with Crippen molar-refractivity contribution in [3.63, 3.8) is 0 Å². The number of ether oxygens (including phenoxy) is 1. The summed E-state index contributed by atoms with van der Waals surface area (Å²) in [4.78, 5) is 14.6. The lowest BCUT2D eigenvalue weighted by atomic mass is 10.0. The summed E-state index contributed by atoms with van der Waals surface area (Å²) in [6, 6.07) is 11.9. The molecule has 0 aliphatic heterocycles. The molecule has 0 spiro atoms. The molecule has 9 heteroatoms. The van der Waals surface area contributed by atoms with E-state index in [0.717, 1.165) is 62.9 Å². The Balaban J connectivity index is 1.47. The van der Waals surface area contributed by atoms with Crippen LogP contribution < -0.4 is 4.74 Å². The van der Waals surface area contributed by atoms with Gasteiger partial charge in [0.05, 0.1) is 5.69 Å². The van der Waals surface area contributed by atoms with Crippen LogP contribution in [-0.4, -0.2) is 29.3 Å². The number of rotatable bonds is 9. The predicted octanol–water partition coefficient (Wildman–Crippen LogP) is 6.80. The van der Waals surface area contributed by atoms with Gasteiger partial charge in [0.1, 0.15) is 11.3 Å². The zero-order chi connectivity index (χ0) is 25.1. The van der Waals surface area contributed by atoms with E-state index in [1.807, 2.05) is 67.6 Å². The van der Waals surface area contributed by atoms with Crippen molar-refractivity contribution < 1.29 is 4.74 Å². The van der Waals surface area contributed by atoms with Gasteiger partial charge >= 0.3 is 0 Å². The molecule has 5 aromatic rings. The maximum atomic E-state index is 6.88. The number of halogens is 1. The largest absolute Gasteiger partial charge is 0.468 e. The number of pyridine rings is 2. The first-order valence-electron chi connectivity index (χ1n) is 11.9. The number of fused-ring (bicyclic) bond motifs is 1. The standard InChI is InChI=1S/C27H27ClN6OS/c1-4-5-14-34-15-13-30-27(34)36-24-17-29-11-9-20(24)26(28)35-23-8-6-7-19-21(16-18(2)32-25(19)23)22-10-12-31-33(22)3/h6-13,15-17,26H,4-5,14H2,1-3H3/t26-/m1/s1. The van der Waals surface area contributed by atoms with Gasteiger partial charge < -0.3 is 9.30 Å². The second-order valence-corrected chi connectivity index (χ2v) is 9.92. The summed E-state index contributed by atoms with van der Waals surface area (Å²) >= 11 is 8.43. The normalized spacial score (nSPS) is 12.2. The molecule has 36 heavy (non-hydrogen) atoms. The Bertz CT molecular complexity index is 1500. The number of benzene rings is 1. The highest BCUT2D eigenvalue weighted by Gasteiger charge is 2.20. The van der Waals surface area contributed by atoms with Gasteiger partial charge in [0, 0.05) is 71.7 Å². The Hall–Kier alpha value is -3.36. The van der Waals surface area contributed by atoms with Crippen molar-refractivity contribution in [2.45, 2.75) is 48.8 Å². The van der Waals surface area contributed by atoms with E-state index < -0.39 is 5.56 Å². The fraction of sp³-hybridized carbons (Fsp3) is 0.259. The van der Waals surface area contributed by atoms with Crippen LogP contribution in [0.2, 0.25) is 0 Å². The van der Waals surface area contributed by atoms with Gasteiger partial charge in [0.15, 0.2) is 10.7 Å². The second-order valence-electron chi connectivity index (χ2n) is 8.51. The number of hydrogen-bond donors (Lipinski definition) is 0. The topological polar surface area (TPSA) is 70.7 Å². The van der Waals surface area contributed by atoms with Crippen molar-refractivity contribution in [1.82, 2.24) is 29.3 Å². The minimum absolute atomic E-state index is 0.622. The Morgan fingerprint density at radius 2 is 2.03 bits per heavy atom. The SMILES string of the molecule is CCCCn1ccnc1Sc1cnccc1[C@H](Cl)Oc1cccc2c(-c3ccnn3C)cc(C)nc12. The first-order valence-corrected chi connectivity index (χ1v) is 13.1.